The lowest BCUT2D eigenvalue weighted by Gasteiger charge is -2.21. The van der Waals surface area contributed by atoms with E-state index < -0.39 is 0 Å². The van der Waals surface area contributed by atoms with Gasteiger partial charge in [-0.3, -0.25) is 4.90 Å². The molecule has 2 aromatic heterocycles. The van der Waals surface area contributed by atoms with Crippen molar-refractivity contribution >= 4 is 5.82 Å². The first-order chi connectivity index (χ1) is 13.6. The number of aromatic nitrogens is 3. The van der Waals surface area contributed by atoms with Crippen molar-refractivity contribution in [2.75, 3.05) is 25.5 Å². The molecule has 1 atom stereocenters. The van der Waals surface area contributed by atoms with Gasteiger partial charge in [-0.1, -0.05) is 17.3 Å². The van der Waals surface area contributed by atoms with Crippen LogP contribution >= 0.6 is 0 Å². The van der Waals surface area contributed by atoms with Crippen LogP contribution in [0.4, 0.5) is 5.82 Å². The molecule has 3 aromatic rings. The number of nitrogens with zero attached hydrogens (tertiary/aromatic N) is 6. The number of rotatable bonds is 5. The van der Waals surface area contributed by atoms with Gasteiger partial charge in [0.1, 0.15) is 5.82 Å². The molecular weight excluding hydrogens is 352 g/mol. The average Bonchev–Trinajstić information content (AvgIpc) is 3.37. The van der Waals surface area contributed by atoms with Crippen molar-refractivity contribution in [1.29, 1.82) is 5.26 Å². The van der Waals surface area contributed by atoms with E-state index >= 15 is 0 Å². The molecule has 1 saturated heterocycles. The molecule has 1 aliphatic rings. The fourth-order valence-electron chi connectivity index (χ4n) is 3.54. The van der Waals surface area contributed by atoms with Gasteiger partial charge in [0.05, 0.1) is 17.7 Å². The molecule has 28 heavy (non-hydrogen) atoms. The minimum atomic E-state index is 0.0981. The third-order valence-electron chi connectivity index (χ3n) is 5.00. The second-order valence-corrected chi connectivity index (χ2v) is 7.20. The first kappa shape index (κ1) is 18.1. The molecule has 0 aliphatic carbocycles. The molecule has 142 valence electrons. The topological polar surface area (TPSA) is 82.1 Å². The van der Waals surface area contributed by atoms with Crippen LogP contribution in [0.3, 0.4) is 0 Å². The summed E-state index contributed by atoms with van der Waals surface area (Å²) in [5, 5.41) is 13.3. The van der Waals surface area contributed by atoms with Gasteiger partial charge >= 0.3 is 0 Å². The summed E-state index contributed by atoms with van der Waals surface area (Å²) in [5.41, 5.74) is 2.64. The van der Waals surface area contributed by atoms with Gasteiger partial charge in [-0.2, -0.15) is 10.2 Å². The zero-order valence-corrected chi connectivity index (χ0v) is 16.0. The summed E-state index contributed by atoms with van der Waals surface area (Å²) in [6, 6.07) is 13.9. The molecule has 1 aliphatic heterocycles. The van der Waals surface area contributed by atoms with Gasteiger partial charge in [-0.25, -0.2) is 4.98 Å². The Morgan fingerprint density at radius 3 is 2.93 bits per heavy atom. The number of anilines is 1. The summed E-state index contributed by atoms with van der Waals surface area (Å²) < 4.78 is 5.60. The first-order valence-corrected chi connectivity index (χ1v) is 9.34. The fourth-order valence-corrected chi connectivity index (χ4v) is 3.54. The Kier molecular flexibility index (Phi) is 5.04. The standard InChI is InChI=1S/C21H22N6O/c1-26(2)19-9-8-17(13-23-19)20-24-21(28-25-20)18-7-4-10-27(18)14-16-6-3-5-15(11-16)12-22/h3,5-6,8-9,11,13,18H,4,7,10,14H2,1-2H3/t18-/m0/s1. The molecular formula is C21H22N6O. The lowest BCUT2D eigenvalue weighted by Crippen LogP contribution is -2.23. The van der Waals surface area contributed by atoms with E-state index in [9.17, 15) is 0 Å². The first-order valence-electron chi connectivity index (χ1n) is 9.34. The summed E-state index contributed by atoms with van der Waals surface area (Å²) in [6.07, 6.45) is 3.83. The van der Waals surface area contributed by atoms with Crippen LogP contribution in [0.25, 0.3) is 11.4 Å². The van der Waals surface area contributed by atoms with Crippen LogP contribution in [0, 0.1) is 11.3 Å². The van der Waals surface area contributed by atoms with Gasteiger partial charge in [-0.15, -0.1) is 0 Å². The Hall–Kier alpha value is -3.24. The van der Waals surface area contributed by atoms with E-state index in [0.29, 0.717) is 17.3 Å². The summed E-state index contributed by atoms with van der Waals surface area (Å²) in [4.78, 5) is 13.3. The molecule has 0 N–H and O–H groups in total. The van der Waals surface area contributed by atoms with Crippen molar-refractivity contribution in [3.63, 3.8) is 0 Å². The van der Waals surface area contributed by atoms with Crippen molar-refractivity contribution in [3.8, 4) is 17.5 Å². The second kappa shape index (κ2) is 7.79. The smallest absolute Gasteiger partial charge is 0.244 e. The fraction of sp³-hybridized carbons (Fsp3) is 0.333. The van der Waals surface area contributed by atoms with E-state index in [-0.39, 0.29) is 6.04 Å². The SMILES string of the molecule is CN(C)c1ccc(-c2noc([C@@H]3CCCN3Cc3cccc(C#N)c3)n2)cn1. The van der Waals surface area contributed by atoms with Crippen molar-refractivity contribution in [2.24, 2.45) is 0 Å². The molecule has 1 fully saturated rings. The predicted octanol–water partition coefficient (Wildman–Crippen LogP) is 3.41. The predicted molar refractivity (Wildman–Crippen MR) is 105 cm³/mol. The van der Waals surface area contributed by atoms with E-state index in [1.807, 2.05) is 55.4 Å². The number of hydrogen-bond donors (Lipinski definition) is 0. The van der Waals surface area contributed by atoms with Crippen LogP contribution in [-0.2, 0) is 6.54 Å². The molecule has 3 heterocycles. The van der Waals surface area contributed by atoms with Crippen molar-refractivity contribution in [2.45, 2.75) is 25.4 Å². The Labute approximate surface area is 164 Å². The molecule has 0 unspecified atom stereocenters. The van der Waals surface area contributed by atoms with Crippen molar-refractivity contribution < 1.29 is 4.52 Å². The maximum absolute atomic E-state index is 9.11. The highest BCUT2D eigenvalue weighted by atomic mass is 16.5. The maximum Gasteiger partial charge on any atom is 0.244 e. The van der Waals surface area contributed by atoms with Crippen molar-refractivity contribution in [1.82, 2.24) is 20.0 Å². The quantitative estimate of drug-likeness (QED) is 0.677. The van der Waals surface area contributed by atoms with Crippen LogP contribution in [0.5, 0.6) is 0 Å². The van der Waals surface area contributed by atoms with E-state index in [1.54, 1.807) is 6.20 Å². The Morgan fingerprint density at radius 1 is 1.29 bits per heavy atom. The lowest BCUT2D eigenvalue weighted by molar-refractivity contribution is 0.201. The Balaban J connectivity index is 1.51. The van der Waals surface area contributed by atoms with Crippen LogP contribution in [0.2, 0.25) is 0 Å². The maximum atomic E-state index is 9.11. The lowest BCUT2D eigenvalue weighted by atomic mass is 10.1. The Bertz CT molecular complexity index is 989. The number of benzene rings is 1. The van der Waals surface area contributed by atoms with Gasteiger partial charge in [0.2, 0.25) is 11.7 Å². The minimum absolute atomic E-state index is 0.0981. The van der Waals surface area contributed by atoms with E-state index in [1.165, 1.54) is 0 Å². The highest BCUT2D eigenvalue weighted by molar-refractivity contribution is 5.55. The molecule has 0 amide bonds. The van der Waals surface area contributed by atoms with Gasteiger partial charge < -0.3 is 9.42 Å². The molecule has 7 nitrogen and oxygen atoms in total. The molecule has 0 spiro atoms. The van der Waals surface area contributed by atoms with E-state index in [4.69, 9.17) is 9.78 Å². The summed E-state index contributed by atoms with van der Waals surface area (Å²) in [5.74, 6) is 2.08. The van der Waals surface area contributed by atoms with E-state index in [0.717, 1.165) is 42.9 Å². The van der Waals surface area contributed by atoms with Gasteiger partial charge in [0.15, 0.2) is 0 Å². The number of pyridine rings is 1. The normalized spacial score (nSPS) is 16.8. The van der Waals surface area contributed by atoms with Gasteiger partial charge in [-0.05, 0) is 49.2 Å². The zero-order valence-electron chi connectivity index (χ0n) is 16.0. The third kappa shape index (κ3) is 3.73. The molecule has 4 rings (SSSR count). The summed E-state index contributed by atoms with van der Waals surface area (Å²) in [6.45, 7) is 1.73. The minimum Gasteiger partial charge on any atom is -0.363 e. The highest BCUT2D eigenvalue weighted by Crippen LogP contribution is 2.33. The molecule has 7 heteroatoms. The molecule has 0 saturated carbocycles. The largest absolute Gasteiger partial charge is 0.363 e. The number of hydrogen-bond acceptors (Lipinski definition) is 7. The summed E-state index contributed by atoms with van der Waals surface area (Å²) >= 11 is 0. The molecule has 0 radical (unpaired) electrons. The van der Waals surface area contributed by atoms with Crippen LogP contribution in [0.1, 0.15) is 35.9 Å². The number of likely N-dealkylation sites (tertiary alicyclic amines) is 1. The summed E-state index contributed by atoms with van der Waals surface area (Å²) in [7, 11) is 3.91. The van der Waals surface area contributed by atoms with Gasteiger partial charge in [0.25, 0.3) is 0 Å². The van der Waals surface area contributed by atoms with Crippen LogP contribution in [-0.4, -0.2) is 40.7 Å². The monoisotopic (exact) mass is 374 g/mol. The highest BCUT2D eigenvalue weighted by Gasteiger charge is 2.30. The van der Waals surface area contributed by atoms with Crippen LogP contribution in [0.15, 0.2) is 47.1 Å². The van der Waals surface area contributed by atoms with Crippen molar-refractivity contribution in [3.05, 3.63) is 59.6 Å². The average molecular weight is 374 g/mol. The molecule has 0 bridgehead atoms. The zero-order chi connectivity index (χ0) is 19.5. The molecule has 1 aromatic carbocycles. The van der Waals surface area contributed by atoms with E-state index in [2.05, 4.69) is 26.1 Å². The van der Waals surface area contributed by atoms with Gasteiger partial charge in [0, 0.05) is 32.4 Å². The van der Waals surface area contributed by atoms with Crippen LogP contribution < -0.4 is 4.90 Å². The Morgan fingerprint density at radius 2 is 2.18 bits per heavy atom. The third-order valence-corrected chi connectivity index (χ3v) is 5.00. The number of nitriles is 1. The second-order valence-electron chi connectivity index (χ2n) is 7.20.